The molecule has 0 bridgehead atoms. The van der Waals surface area contributed by atoms with E-state index in [0.29, 0.717) is 0 Å². The van der Waals surface area contributed by atoms with Crippen LogP contribution in [0.4, 0.5) is 0 Å². The van der Waals surface area contributed by atoms with Crippen LogP contribution >= 0.6 is 0 Å². The molecule has 0 amide bonds. The molecule has 0 aliphatic heterocycles. The SMILES string of the molecule is CC(C(O)c1ccccc1)N(C)C1(c2ccccc2)CCCCC1. The lowest BCUT2D eigenvalue weighted by Gasteiger charge is -2.49. The first-order valence-corrected chi connectivity index (χ1v) is 9.17. The van der Waals surface area contributed by atoms with Crippen LogP contribution in [0.2, 0.25) is 0 Å². The highest BCUT2D eigenvalue weighted by Crippen LogP contribution is 2.43. The molecule has 128 valence electrons. The van der Waals surface area contributed by atoms with Crippen molar-refractivity contribution in [3.63, 3.8) is 0 Å². The van der Waals surface area contributed by atoms with Gasteiger partial charge in [-0.25, -0.2) is 0 Å². The van der Waals surface area contributed by atoms with E-state index in [0.717, 1.165) is 5.56 Å². The number of aliphatic hydroxyl groups is 1. The molecule has 2 aromatic carbocycles. The van der Waals surface area contributed by atoms with Gasteiger partial charge in [0.1, 0.15) is 0 Å². The van der Waals surface area contributed by atoms with E-state index in [4.69, 9.17) is 0 Å². The Morgan fingerprint density at radius 2 is 1.42 bits per heavy atom. The molecule has 0 aromatic heterocycles. The summed E-state index contributed by atoms with van der Waals surface area (Å²) < 4.78 is 0. The normalized spacial score (nSPS) is 19.8. The molecule has 3 rings (SSSR count). The van der Waals surface area contributed by atoms with Crippen LogP contribution in [0.1, 0.15) is 56.3 Å². The first kappa shape index (κ1) is 17.2. The van der Waals surface area contributed by atoms with Crippen molar-refractivity contribution in [2.24, 2.45) is 0 Å². The largest absolute Gasteiger partial charge is 0.387 e. The maximum atomic E-state index is 10.9. The molecule has 1 saturated carbocycles. The Hall–Kier alpha value is -1.64. The molecular weight excluding hydrogens is 294 g/mol. The zero-order chi connectivity index (χ0) is 17.0. The number of aliphatic hydroxyl groups excluding tert-OH is 1. The van der Waals surface area contributed by atoms with Gasteiger partial charge in [-0.2, -0.15) is 0 Å². The smallest absolute Gasteiger partial charge is 0.0942 e. The van der Waals surface area contributed by atoms with Crippen molar-refractivity contribution >= 4 is 0 Å². The van der Waals surface area contributed by atoms with Crippen molar-refractivity contribution in [1.82, 2.24) is 4.90 Å². The van der Waals surface area contributed by atoms with Crippen molar-refractivity contribution in [3.05, 3.63) is 71.8 Å². The molecule has 0 heterocycles. The number of benzene rings is 2. The minimum Gasteiger partial charge on any atom is -0.387 e. The van der Waals surface area contributed by atoms with E-state index >= 15 is 0 Å². The minimum atomic E-state index is -0.473. The topological polar surface area (TPSA) is 23.5 Å². The molecule has 2 heteroatoms. The van der Waals surface area contributed by atoms with Crippen molar-refractivity contribution in [1.29, 1.82) is 0 Å². The third kappa shape index (κ3) is 3.26. The summed E-state index contributed by atoms with van der Waals surface area (Å²) in [5, 5.41) is 10.9. The van der Waals surface area contributed by atoms with Gasteiger partial charge in [-0.15, -0.1) is 0 Å². The van der Waals surface area contributed by atoms with E-state index in [2.05, 4.69) is 49.2 Å². The first-order valence-electron chi connectivity index (χ1n) is 9.17. The van der Waals surface area contributed by atoms with E-state index in [1.807, 2.05) is 30.3 Å². The second kappa shape index (κ2) is 7.50. The van der Waals surface area contributed by atoms with Gasteiger partial charge in [-0.05, 0) is 37.9 Å². The molecular formula is C22H29NO. The minimum absolute atomic E-state index is 0.0364. The lowest BCUT2D eigenvalue weighted by atomic mass is 9.74. The van der Waals surface area contributed by atoms with E-state index in [9.17, 15) is 5.11 Å². The van der Waals surface area contributed by atoms with Crippen LogP contribution in [0.25, 0.3) is 0 Å². The van der Waals surface area contributed by atoms with Crippen LogP contribution in [0.5, 0.6) is 0 Å². The summed E-state index contributed by atoms with van der Waals surface area (Å²) in [7, 11) is 2.19. The van der Waals surface area contributed by atoms with Crippen molar-refractivity contribution in [3.8, 4) is 0 Å². The Kier molecular flexibility index (Phi) is 5.37. The Morgan fingerprint density at radius 3 is 2.00 bits per heavy atom. The number of hydrogen-bond acceptors (Lipinski definition) is 2. The van der Waals surface area contributed by atoms with Crippen molar-refractivity contribution < 1.29 is 5.11 Å². The van der Waals surface area contributed by atoms with Gasteiger partial charge in [-0.3, -0.25) is 4.90 Å². The summed E-state index contributed by atoms with van der Waals surface area (Å²) in [4.78, 5) is 2.43. The first-order chi connectivity index (χ1) is 11.6. The Balaban J connectivity index is 1.90. The summed E-state index contributed by atoms with van der Waals surface area (Å²) in [5.41, 5.74) is 2.42. The van der Waals surface area contributed by atoms with E-state index in [-0.39, 0.29) is 11.6 Å². The van der Waals surface area contributed by atoms with Gasteiger partial charge in [0.2, 0.25) is 0 Å². The molecule has 2 nitrogen and oxygen atoms in total. The fourth-order valence-electron chi connectivity index (χ4n) is 4.26. The zero-order valence-electron chi connectivity index (χ0n) is 14.9. The molecule has 1 N–H and O–H groups in total. The van der Waals surface area contributed by atoms with Crippen LogP contribution in [-0.4, -0.2) is 23.1 Å². The maximum absolute atomic E-state index is 10.9. The Morgan fingerprint density at radius 1 is 0.875 bits per heavy atom. The van der Waals surface area contributed by atoms with Gasteiger partial charge in [0.25, 0.3) is 0 Å². The predicted octanol–water partition coefficient (Wildman–Crippen LogP) is 4.90. The van der Waals surface area contributed by atoms with E-state index in [1.165, 1.54) is 37.7 Å². The molecule has 2 aromatic rings. The van der Waals surface area contributed by atoms with Crippen LogP contribution in [-0.2, 0) is 5.54 Å². The summed E-state index contributed by atoms with van der Waals surface area (Å²) >= 11 is 0. The van der Waals surface area contributed by atoms with Gasteiger partial charge in [0.15, 0.2) is 0 Å². The average molecular weight is 323 g/mol. The van der Waals surface area contributed by atoms with Crippen molar-refractivity contribution in [2.75, 3.05) is 7.05 Å². The Bertz CT molecular complexity index is 619. The number of likely N-dealkylation sites (N-methyl/N-ethyl adjacent to an activating group) is 1. The van der Waals surface area contributed by atoms with Crippen LogP contribution in [0.3, 0.4) is 0 Å². The third-order valence-corrected chi connectivity index (χ3v) is 5.88. The lowest BCUT2D eigenvalue weighted by molar-refractivity contribution is -0.0183. The van der Waals surface area contributed by atoms with E-state index < -0.39 is 6.10 Å². The molecule has 2 unspecified atom stereocenters. The molecule has 1 aliphatic rings. The maximum Gasteiger partial charge on any atom is 0.0942 e. The molecule has 0 saturated heterocycles. The molecule has 0 radical (unpaired) electrons. The monoisotopic (exact) mass is 323 g/mol. The van der Waals surface area contributed by atoms with E-state index in [1.54, 1.807) is 0 Å². The van der Waals surface area contributed by atoms with Gasteiger partial charge in [0.05, 0.1) is 6.10 Å². The van der Waals surface area contributed by atoms with Gasteiger partial charge in [0, 0.05) is 11.6 Å². The predicted molar refractivity (Wildman–Crippen MR) is 99.8 cm³/mol. The van der Waals surface area contributed by atoms with Crippen LogP contribution in [0, 0.1) is 0 Å². The summed E-state index contributed by atoms with van der Waals surface area (Å²) in [6.07, 6.45) is 5.69. The number of hydrogen-bond donors (Lipinski definition) is 1. The quantitative estimate of drug-likeness (QED) is 0.846. The standard InChI is InChI=1S/C22H29NO/c1-18(21(24)19-12-6-3-7-13-19)23(2)22(16-10-5-11-17-22)20-14-8-4-9-15-20/h3-4,6-9,12-15,18,21,24H,5,10-11,16-17H2,1-2H3. The summed E-state index contributed by atoms with van der Waals surface area (Å²) in [6.45, 7) is 2.15. The van der Waals surface area contributed by atoms with Gasteiger partial charge < -0.3 is 5.11 Å². The second-order valence-electron chi connectivity index (χ2n) is 7.17. The van der Waals surface area contributed by atoms with Crippen molar-refractivity contribution in [2.45, 2.75) is 56.7 Å². The highest BCUT2D eigenvalue weighted by molar-refractivity contribution is 5.26. The van der Waals surface area contributed by atoms with Gasteiger partial charge >= 0.3 is 0 Å². The fourth-order valence-corrected chi connectivity index (χ4v) is 4.26. The highest BCUT2D eigenvalue weighted by atomic mass is 16.3. The zero-order valence-corrected chi connectivity index (χ0v) is 14.9. The number of nitrogens with zero attached hydrogens (tertiary/aromatic N) is 1. The Labute approximate surface area is 146 Å². The molecule has 1 fully saturated rings. The molecule has 1 aliphatic carbocycles. The summed E-state index contributed by atoms with van der Waals surface area (Å²) in [6, 6.07) is 21.0. The lowest BCUT2D eigenvalue weighted by Crippen LogP contribution is -2.51. The van der Waals surface area contributed by atoms with Crippen LogP contribution in [0.15, 0.2) is 60.7 Å². The van der Waals surface area contributed by atoms with Gasteiger partial charge in [-0.1, -0.05) is 79.9 Å². The highest BCUT2D eigenvalue weighted by Gasteiger charge is 2.41. The average Bonchev–Trinajstić information content (AvgIpc) is 2.68. The molecule has 2 atom stereocenters. The van der Waals surface area contributed by atoms with Crippen LogP contribution < -0.4 is 0 Å². The fraction of sp³-hybridized carbons (Fsp3) is 0.455. The summed E-state index contributed by atoms with van der Waals surface area (Å²) in [5.74, 6) is 0. The molecule has 0 spiro atoms. The second-order valence-corrected chi connectivity index (χ2v) is 7.17. The number of rotatable bonds is 5. The third-order valence-electron chi connectivity index (χ3n) is 5.88. The molecule has 24 heavy (non-hydrogen) atoms.